The molecule has 18 heavy (non-hydrogen) atoms. The van der Waals surface area contributed by atoms with Gasteiger partial charge in [-0.2, -0.15) is 0 Å². The monoisotopic (exact) mass is 247 g/mol. The van der Waals surface area contributed by atoms with Crippen LogP contribution in [0.2, 0.25) is 0 Å². The summed E-state index contributed by atoms with van der Waals surface area (Å²) in [5.41, 5.74) is 2.47. The first-order valence-corrected chi connectivity index (χ1v) is 7.03. The number of anilines is 1. The van der Waals surface area contributed by atoms with E-state index in [1.165, 1.54) is 43.9 Å². The normalized spacial score (nSPS) is 17.4. The van der Waals surface area contributed by atoms with E-state index in [9.17, 15) is 0 Å². The van der Waals surface area contributed by atoms with E-state index >= 15 is 0 Å². The summed E-state index contributed by atoms with van der Waals surface area (Å²) < 4.78 is 0. The van der Waals surface area contributed by atoms with Crippen molar-refractivity contribution in [3.63, 3.8) is 0 Å². The van der Waals surface area contributed by atoms with Gasteiger partial charge in [0.05, 0.1) is 11.9 Å². The standard InChI is InChI=1S/C15H25N3/c1-4-14-5-6-15(11-16-14)18-9-7-13(8-10-18)12-17(2)3/h5-6,11,13H,4,7-10,12H2,1-3H3. The summed E-state index contributed by atoms with van der Waals surface area (Å²) in [6.45, 7) is 5.72. The van der Waals surface area contributed by atoms with E-state index in [1.54, 1.807) is 0 Å². The highest BCUT2D eigenvalue weighted by Crippen LogP contribution is 2.23. The molecular formula is C15H25N3. The fraction of sp³-hybridized carbons (Fsp3) is 0.667. The van der Waals surface area contributed by atoms with Gasteiger partial charge in [0.25, 0.3) is 0 Å². The third kappa shape index (κ3) is 3.45. The van der Waals surface area contributed by atoms with E-state index in [0.717, 1.165) is 12.3 Å². The van der Waals surface area contributed by atoms with Gasteiger partial charge >= 0.3 is 0 Å². The van der Waals surface area contributed by atoms with Crippen molar-refractivity contribution in [2.75, 3.05) is 38.6 Å². The molecule has 100 valence electrons. The molecule has 0 amide bonds. The maximum Gasteiger partial charge on any atom is 0.0552 e. The van der Waals surface area contributed by atoms with Gasteiger partial charge in [0.15, 0.2) is 0 Å². The lowest BCUT2D eigenvalue weighted by Gasteiger charge is -2.34. The van der Waals surface area contributed by atoms with Gasteiger partial charge in [-0.3, -0.25) is 4.98 Å². The molecule has 0 aliphatic carbocycles. The average Bonchev–Trinajstić information content (AvgIpc) is 2.39. The number of nitrogens with zero attached hydrogens (tertiary/aromatic N) is 3. The highest BCUT2D eigenvalue weighted by atomic mass is 15.1. The molecule has 1 aliphatic heterocycles. The average molecular weight is 247 g/mol. The first-order chi connectivity index (χ1) is 8.69. The van der Waals surface area contributed by atoms with Crippen LogP contribution < -0.4 is 4.90 Å². The van der Waals surface area contributed by atoms with Crippen LogP contribution in [0.15, 0.2) is 18.3 Å². The highest BCUT2D eigenvalue weighted by Gasteiger charge is 2.19. The second kappa shape index (κ2) is 6.19. The minimum absolute atomic E-state index is 0.860. The number of pyridine rings is 1. The molecule has 0 unspecified atom stereocenters. The molecular weight excluding hydrogens is 222 g/mol. The smallest absolute Gasteiger partial charge is 0.0552 e. The van der Waals surface area contributed by atoms with Gasteiger partial charge < -0.3 is 9.80 Å². The molecule has 3 heteroatoms. The van der Waals surface area contributed by atoms with Gasteiger partial charge in [-0.25, -0.2) is 0 Å². The second-order valence-electron chi connectivity index (χ2n) is 5.55. The first kappa shape index (κ1) is 13.3. The molecule has 2 rings (SSSR count). The Kier molecular flexibility index (Phi) is 4.59. The zero-order chi connectivity index (χ0) is 13.0. The zero-order valence-corrected chi connectivity index (χ0v) is 11.9. The summed E-state index contributed by atoms with van der Waals surface area (Å²) in [5, 5.41) is 0. The predicted octanol–water partition coefficient (Wildman–Crippen LogP) is 2.42. The summed E-state index contributed by atoms with van der Waals surface area (Å²) in [6.07, 6.45) is 5.65. The summed E-state index contributed by atoms with van der Waals surface area (Å²) in [5.74, 6) is 0.860. The van der Waals surface area contributed by atoms with Crippen molar-refractivity contribution >= 4 is 5.69 Å². The Bertz CT molecular complexity index is 351. The van der Waals surface area contributed by atoms with Crippen LogP contribution in [-0.4, -0.2) is 43.6 Å². The fourth-order valence-corrected chi connectivity index (χ4v) is 2.70. The number of rotatable bonds is 4. The summed E-state index contributed by atoms with van der Waals surface area (Å²) in [4.78, 5) is 9.26. The van der Waals surface area contributed by atoms with Gasteiger partial charge in [0, 0.05) is 25.3 Å². The molecule has 0 bridgehead atoms. The fourth-order valence-electron chi connectivity index (χ4n) is 2.70. The molecule has 0 spiro atoms. The van der Waals surface area contributed by atoms with Crippen LogP contribution in [0, 0.1) is 5.92 Å². The molecule has 0 radical (unpaired) electrons. The maximum atomic E-state index is 4.49. The molecule has 0 aromatic carbocycles. The Morgan fingerprint density at radius 1 is 1.28 bits per heavy atom. The minimum atomic E-state index is 0.860. The van der Waals surface area contributed by atoms with Crippen LogP contribution in [-0.2, 0) is 6.42 Å². The van der Waals surface area contributed by atoms with Crippen molar-refractivity contribution in [1.29, 1.82) is 0 Å². The largest absolute Gasteiger partial charge is 0.370 e. The Balaban J connectivity index is 1.88. The van der Waals surface area contributed by atoms with Crippen molar-refractivity contribution in [3.05, 3.63) is 24.0 Å². The number of hydrogen-bond acceptors (Lipinski definition) is 3. The van der Waals surface area contributed by atoms with Crippen LogP contribution in [0.25, 0.3) is 0 Å². The lowest BCUT2D eigenvalue weighted by atomic mass is 9.96. The third-order valence-electron chi connectivity index (χ3n) is 3.77. The molecule has 0 N–H and O–H groups in total. The van der Waals surface area contributed by atoms with E-state index < -0.39 is 0 Å². The zero-order valence-electron chi connectivity index (χ0n) is 11.9. The van der Waals surface area contributed by atoms with Crippen LogP contribution in [0.4, 0.5) is 5.69 Å². The SMILES string of the molecule is CCc1ccc(N2CCC(CN(C)C)CC2)cn1. The molecule has 1 aliphatic rings. The summed E-state index contributed by atoms with van der Waals surface area (Å²) >= 11 is 0. The van der Waals surface area contributed by atoms with Crippen molar-refractivity contribution < 1.29 is 0 Å². The van der Waals surface area contributed by atoms with Gasteiger partial charge in [0.2, 0.25) is 0 Å². The lowest BCUT2D eigenvalue weighted by Crippen LogP contribution is -2.37. The predicted molar refractivity (Wildman–Crippen MR) is 77.1 cm³/mol. The topological polar surface area (TPSA) is 19.4 Å². The van der Waals surface area contributed by atoms with E-state index in [-0.39, 0.29) is 0 Å². The van der Waals surface area contributed by atoms with E-state index in [2.05, 4.69) is 47.9 Å². The summed E-state index contributed by atoms with van der Waals surface area (Å²) in [7, 11) is 4.33. The Morgan fingerprint density at radius 2 is 2.00 bits per heavy atom. The quantitative estimate of drug-likeness (QED) is 0.814. The lowest BCUT2D eigenvalue weighted by molar-refractivity contribution is 0.285. The van der Waals surface area contributed by atoms with Crippen LogP contribution in [0.5, 0.6) is 0 Å². The maximum absolute atomic E-state index is 4.49. The van der Waals surface area contributed by atoms with Gasteiger partial charge in [-0.05, 0) is 51.4 Å². The van der Waals surface area contributed by atoms with E-state index in [1.807, 2.05) is 6.20 Å². The number of hydrogen-bond donors (Lipinski definition) is 0. The molecule has 3 nitrogen and oxygen atoms in total. The summed E-state index contributed by atoms with van der Waals surface area (Å²) in [6, 6.07) is 4.37. The first-order valence-electron chi connectivity index (χ1n) is 7.03. The number of aromatic nitrogens is 1. The van der Waals surface area contributed by atoms with Crippen molar-refractivity contribution in [2.45, 2.75) is 26.2 Å². The molecule has 0 saturated carbocycles. The number of piperidine rings is 1. The molecule has 1 saturated heterocycles. The molecule has 0 atom stereocenters. The minimum Gasteiger partial charge on any atom is -0.370 e. The molecule has 2 heterocycles. The highest BCUT2D eigenvalue weighted by molar-refractivity contribution is 5.44. The van der Waals surface area contributed by atoms with Crippen molar-refractivity contribution in [3.8, 4) is 0 Å². The van der Waals surface area contributed by atoms with E-state index in [0.29, 0.717) is 0 Å². The Hall–Kier alpha value is -1.09. The van der Waals surface area contributed by atoms with Crippen LogP contribution in [0.1, 0.15) is 25.5 Å². The Morgan fingerprint density at radius 3 is 2.50 bits per heavy atom. The van der Waals surface area contributed by atoms with Gasteiger partial charge in [-0.15, -0.1) is 0 Å². The Labute approximate surface area is 111 Å². The van der Waals surface area contributed by atoms with Crippen LogP contribution in [0.3, 0.4) is 0 Å². The van der Waals surface area contributed by atoms with E-state index in [4.69, 9.17) is 0 Å². The van der Waals surface area contributed by atoms with Gasteiger partial charge in [-0.1, -0.05) is 6.92 Å². The second-order valence-corrected chi connectivity index (χ2v) is 5.55. The van der Waals surface area contributed by atoms with Crippen LogP contribution >= 0.6 is 0 Å². The van der Waals surface area contributed by atoms with Crippen molar-refractivity contribution in [2.24, 2.45) is 5.92 Å². The van der Waals surface area contributed by atoms with Crippen molar-refractivity contribution in [1.82, 2.24) is 9.88 Å². The van der Waals surface area contributed by atoms with Gasteiger partial charge in [0.1, 0.15) is 0 Å². The molecule has 1 fully saturated rings. The molecule has 1 aromatic heterocycles. The molecule has 1 aromatic rings. The third-order valence-corrected chi connectivity index (χ3v) is 3.77. The number of aryl methyl sites for hydroxylation is 1.